The summed E-state index contributed by atoms with van der Waals surface area (Å²) in [5.74, 6) is 0. The molecule has 120 valence electrons. The second kappa shape index (κ2) is 5.76. The summed E-state index contributed by atoms with van der Waals surface area (Å²) in [6.07, 6.45) is 3.63. The van der Waals surface area contributed by atoms with Gasteiger partial charge in [0.2, 0.25) is 0 Å². The molecule has 1 heterocycles. The summed E-state index contributed by atoms with van der Waals surface area (Å²) in [7, 11) is 0. The van der Waals surface area contributed by atoms with Crippen LogP contribution in [-0.2, 0) is 12.8 Å². The number of benzene rings is 2. The van der Waals surface area contributed by atoms with Crippen LogP contribution < -0.4 is 11.0 Å². The Balaban J connectivity index is 1.75. The first kappa shape index (κ1) is 14.9. The first-order valence-corrected chi connectivity index (χ1v) is 8.10. The van der Waals surface area contributed by atoms with Crippen LogP contribution in [0.5, 0.6) is 0 Å². The van der Waals surface area contributed by atoms with Crippen LogP contribution in [0.3, 0.4) is 0 Å². The van der Waals surface area contributed by atoms with Crippen molar-refractivity contribution in [2.24, 2.45) is 5.10 Å². The van der Waals surface area contributed by atoms with E-state index in [0.717, 1.165) is 24.1 Å². The van der Waals surface area contributed by atoms with E-state index in [4.69, 9.17) is 11.6 Å². The van der Waals surface area contributed by atoms with Crippen molar-refractivity contribution in [1.29, 1.82) is 0 Å². The van der Waals surface area contributed by atoms with E-state index in [9.17, 15) is 4.79 Å². The zero-order valence-electron chi connectivity index (χ0n) is 13.1. The van der Waals surface area contributed by atoms with E-state index in [1.807, 2.05) is 6.92 Å². The van der Waals surface area contributed by atoms with Crippen molar-refractivity contribution in [3.8, 4) is 0 Å². The number of aromatic nitrogens is 2. The van der Waals surface area contributed by atoms with Gasteiger partial charge in [-0.1, -0.05) is 41.9 Å². The van der Waals surface area contributed by atoms with Crippen LogP contribution in [0.15, 0.2) is 46.4 Å². The zero-order chi connectivity index (χ0) is 16.7. The summed E-state index contributed by atoms with van der Waals surface area (Å²) >= 11 is 5.95. The molecule has 0 atom stereocenters. The lowest BCUT2D eigenvalue weighted by atomic mass is 9.98. The maximum atomic E-state index is 11.5. The quantitative estimate of drug-likeness (QED) is 0.567. The molecule has 1 aliphatic rings. The number of hydrazone groups is 1. The highest BCUT2D eigenvalue weighted by atomic mass is 35.5. The molecule has 6 heteroatoms. The Labute approximate surface area is 143 Å². The average molecular weight is 339 g/mol. The van der Waals surface area contributed by atoms with Crippen molar-refractivity contribution in [2.45, 2.75) is 19.8 Å². The largest absolute Gasteiger partial charge is 0.285 e. The molecular weight excluding hydrogens is 324 g/mol. The van der Waals surface area contributed by atoms with Crippen molar-refractivity contribution in [1.82, 2.24) is 10.2 Å². The molecule has 0 radical (unpaired) electrons. The number of aromatic amines is 1. The highest BCUT2D eigenvalue weighted by Gasteiger charge is 2.16. The molecule has 1 aromatic heterocycles. The Morgan fingerprint density at radius 1 is 1.25 bits per heavy atom. The van der Waals surface area contributed by atoms with Gasteiger partial charge < -0.3 is 0 Å². The molecule has 5 nitrogen and oxygen atoms in total. The Morgan fingerprint density at radius 2 is 2.04 bits per heavy atom. The van der Waals surface area contributed by atoms with Crippen molar-refractivity contribution in [3.63, 3.8) is 0 Å². The summed E-state index contributed by atoms with van der Waals surface area (Å²) in [6, 6.07) is 10.7. The van der Waals surface area contributed by atoms with Gasteiger partial charge in [0, 0.05) is 5.56 Å². The van der Waals surface area contributed by atoms with Gasteiger partial charge in [-0.05, 0) is 41.7 Å². The van der Waals surface area contributed by atoms with E-state index < -0.39 is 5.56 Å². The van der Waals surface area contributed by atoms with E-state index in [1.54, 1.807) is 0 Å². The van der Waals surface area contributed by atoms with Gasteiger partial charge in [0.15, 0.2) is 0 Å². The second-order valence-electron chi connectivity index (χ2n) is 5.85. The van der Waals surface area contributed by atoms with Crippen LogP contribution in [0.4, 0.5) is 5.69 Å². The number of aryl methyl sites for hydroxylation is 2. The molecule has 0 amide bonds. The number of hydrogen-bond acceptors (Lipinski definition) is 4. The molecule has 0 unspecified atom stereocenters. The molecule has 4 rings (SSSR count). The van der Waals surface area contributed by atoms with E-state index in [-0.39, 0.29) is 5.02 Å². The van der Waals surface area contributed by atoms with Crippen LogP contribution in [0.2, 0.25) is 5.02 Å². The first-order chi connectivity index (χ1) is 11.6. The minimum Gasteiger partial charge on any atom is -0.275 e. The van der Waals surface area contributed by atoms with Crippen molar-refractivity contribution in [3.05, 3.63) is 68.6 Å². The Bertz CT molecular complexity index is 1030. The molecule has 2 N–H and O–H groups in total. The molecule has 0 aliphatic heterocycles. The molecule has 0 saturated carbocycles. The molecule has 2 aromatic carbocycles. The standard InChI is InChI=1S/C18H15ClN4O/c1-10(21-22-15-9-20-23-18(24)17(15)19)13-8-7-12-6-5-11-3-2-4-14(13)16(11)12/h2-4,7-9H,5-6H2,1H3,(H2,22,23,24)/b21-10+. The van der Waals surface area contributed by atoms with Gasteiger partial charge in [0.1, 0.15) is 10.7 Å². The van der Waals surface area contributed by atoms with Crippen LogP contribution in [0.25, 0.3) is 10.8 Å². The summed E-state index contributed by atoms with van der Waals surface area (Å²) in [6.45, 7) is 1.93. The SMILES string of the molecule is C/C(=N\Nc1cn[nH]c(=O)c1Cl)c1ccc2c3c(cccc13)CC2. The fourth-order valence-electron chi connectivity index (χ4n) is 3.23. The lowest BCUT2D eigenvalue weighted by molar-refractivity contribution is 0.987. The zero-order valence-corrected chi connectivity index (χ0v) is 13.8. The molecule has 0 spiro atoms. The highest BCUT2D eigenvalue weighted by molar-refractivity contribution is 6.32. The molecule has 0 fully saturated rings. The Kier molecular flexibility index (Phi) is 3.58. The predicted octanol–water partition coefficient (Wildman–Crippen LogP) is 3.51. The number of rotatable bonds is 3. The third-order valence-electron chi connectivity index (χ3n) is 4.41. The molecule has 0 saturated heterocycles. The number of nitrogens with zero attached hydrogens (tertiary/aromatic N) is 2. The van der Waals surface area contributed by atoms with Crippen LogP contribution in [0.1, 0.15) is 23.6 Å². The number of anilines is 1. The van der Waals surface area contributed by atoms with Crippen molar-refractivity contribution in [2.75, 3.05) is 5.43 Å². The smallest absolute Gasteiger partial charge is 0.275 e. The fraction of sp³-hybridized carbons (Fsp3) is 0.167. The van der Waals surface area contributed by atoms with Crippen LogP contribution in [-0.4, -0.2) is 15.9 Å². The topological polar surface area (TPSA) is 70.1 Å². The maximum Gasteiger partial charge on any atom is 0.285 e. The third-order valence-corrected chi connectivity index (χ3v) is 4.78. The van der Waals surface area contributed by atoms with Crippen molar-refractivity contribution >= 4 is 33.8 Å². The Hall–Kier alpha value is -2.66. The predicted molar refractivity (Wildman–Crippen MR) is 97.1 cm³/mol. The average Bonchev–Trinajstić information content (AvgIpc) is 3.01. The lowest BCUT2D eigenvalue weighted by Crippen LogP contribution is -2.10. The first-order valence-electron chi connectivity index (χ1n) is 7.72. The van der Waals surface area contributed by atoms with E-state index >= 15 is 0 Å². The molecule has 1 aliphatic carbocycles. The van der Waals surface area contributed by atoms with Crippen LogP contribution >= 0.6 is 11.6 Å². The van der Waals surface area contributed by atoms with Gasteiger partial charge in [-0.2, -0.15) is 10.2 Å². The highest BCUT2D eigenvalue weighted by Crippen LogP contribution is 2.33. The second-order valence-corrected chi connectivity index (χ2v) is 6.23. The normalized spacial score (nSPS) is 13.5. The van der Waals surface area contributed by atoms with E-state index in [1.165, 1.54) is 28.1 Å². The summed E-state index contributed by atoms with van der Waals surface area (Å²) in [4.78, 5) is 11.5. The van der Waals surface area contributed by atoms with Crippen LogP contribution in [0, 0.1) is 0 Å². The van der Waals surface area contributed by atoms with Gasteiger partial charge in [-0.25, -0.2) is 5.10 Å². The van der Waals surface area contributed by atoms with Gasteiger partial charge in [0.25, 0.3) is 5.56 Å². The third kappa shape index (κ3) is 2.37. The number of halogens is 1. The number of H-pyrrole nitrogens is 1. The van der Waals surface area contributed by atoms with Gasteiger partial charge in [0.05, 0.1) is 11.9 Å². The van der Waals surface area contributed by atoms with E-state index in [2.05, 4.69) is 51.1 Å². The summed E-state index contributed by atoms with van der Waals surface area (Å²) < 4.78 is 0. The maximum absolute atomic E-state index is 11.5. The van der Waals surface area contributed by atoms with Gasteiger partial charge in [-0.15, -0.1) is 0 Å². The molecule has 0 bridgehead atoms. The molecule has 24 heavy (non-hydrogen) atoms. The van der Waals surface area contributed by atoms with E-state index in [0.29, 0.717) is 5.69 Å². The molecule has 3 aromatic rings. The fourth-order valence-corrected chi connectivity index (χ4v) is 3.36. The number of hydrogen-bond donors (Lipinski definition) is 2. The van der Waals surface area contributed by atoms with Gasteiger partial charge in [-0.3, -0.25) is 10.2 Å². The Morgan fingerprint density at radius 3 is 2.88 bits per heavy atom. The summed E-state index contributed by atoms with van der Waals surface area (Å²) in [5.41, 5.74) is 7.45. The molecular formula is C18H15ClN4O. The minimum atomic E-state index is -0.445. The van der Waals surface area contributed by atoms with Crippen molar-refractivity contribution < 1.29 is 0 Å². The lowest BCUT2D eigenvalue weighted by Gasteiger charge is -2.09. The number of nitrogens with one attached hydrogen (secondary N) is 2. The monoisotopic (exact) mass is 338 g/mol. The minimum absolute atomic E-state index is 0.0435. The summed E-state index contributed by atoms with van der Waals surface area (Å²) in [5, 5.41) is 13.0. The van der Waals surface area contributed by atoms with Gasteiger partial charge >= 0.3 is 0 Å².